The normalized spacial score (nSPS) is 11.8. The fourth-order valence-electron chi connectivity index (χ4n) is 1.40. The van der Waals surface area contributed by atoms with Crippen LogP contribution in [0.4, 0.5) is 17.6 Å². The number of hydrogen-bond donors (Lipinski definition) is 0. The van der Waals surface area contributed by atoms with Crippen LogP contribution in [0, 0.1) is 12.7 Å². The molecule has 0 N–H and O–H groups in total. The van der Waals surface area contributed by atoms with Crippen molar-refractivity contribution in [2.45, 2.75) is 13.1 Å². The lowest BCUT2D eigenvalue weighted by atomic mass is 10.1. The third kappa shape index (κ3) is 2.30. The van der Waals surface area contributed by atoms with Crippen molar-refractivity contribution in [2.75, 3.05) is 0 Å². The number of benzene rings is 1. The van der Waals surface area contributed by atoms with E-state index in [4.69, 9.17) is 4.52 Å². The summed E-state index contributed by atoms with van der Waals surface area (Å²) in [7, 11) is 0. The Bertz CT molecular complexity index is 545. The minimum atomic E-state index is -4.73. The predicted octanol–water partition coefficient (Wildman–Crippen LogP) is 3.81. The molecule has 0 unspecified atom stereocenters. The van der Waals surface area contributed by atoms with Gasteiger partial charge in [-0.1, -0.05) is 5.16 Å². The maximum absolute atomic E-state index is 13.0. The average molecular weight is 245 g/mol. The zero-order valence-corrected chi connectivity index (χ0v) is 8.68. The second-order valence-electron chi connectivity index (χ2n) is 3.52. The van der Waals surface area contributed by atoms with Crippen molar-refractivity contribution < 1.29 is 22.1 Å². The van der Waals surface area contributed by atoms with Crippen LogP contribution in [0.15, 0.2) is 28.8 Å². The maximum atomic E-state index is 13.0. The summed E-state index contributed by atoms with van der Waals surface area (Å²) in [6.07, 6.45) is -4.73. The first-order valence-corrected chi connectivity index (χ1v) is 4.68. The van der Waals surface area contributed by atoms with Crippen molar-refractivity contribution in [1.29, 1.82) is 0 Å². The summed E-state index contributed by atoms with van der Waals surface area (Å²) >= 11 is 0. The van der Waals surface area contributed by atoms with Gasteiger partial charge in [0, 0.05) is 11.6 Å². The molecule has 0 spiro atoms. The number of aryl methyl sites for hydroxylation is 1. The summed E-state index contributed by atoms with van der Waals surface area (Å²) in [6.45, 7) is 1.64. The largest absolute Gasteiger partial charge is 0.419 e. The molecule has 90 valence electrons. The highest BCUT2D eigenvalue weighted by molar-refractivity contribution is 5.58. The Morgan fingerprint density at radius 2 is 1.88 bits per heavy atom. The molecule has 0 amide bonds. The first-order chi connectivity index (χ1) is 7.88. The van der Waals surface area contributed by atoms with E-state index in [9.17, 15) is 17.6 Å². The van der Waals surface area contributed by atoms with Crippen molar-refractivity contribution in [3.8, 4) is 11.3 Å². The molecule has 1 aromatic heterocycles. The molecule has 2 aromatic rings. The highest BCUT2D eigenvalue weighted by atomic mass is 19.4. The van der Waals surface area contributed by atoms with Crippen LogP contribution in [0.25, 0.3) is 11.3 Å². The van der Waals surface area contributed by atoms with Crippen LogP contribution in [0.1, 0.15) is 11.3 Å². The fourth-order valence-corrected chi connectivity index (χ4v) is 1.40. The summed E-state index contributed by atoms with van der Waals surface area (Å²) in [6, 6.07) is 4.16. The summed E-state index contributed by atoms with van der Waals surface area (Å²) in [5.74, 6) is -1.13. The lowest BCUT2D eigenvalue weighted by Gasteiger charge is -2.08. The van der Waals surface area contributed by atoms with Gasteiger partial charge in [0.15, 0.2) is 5.76 Å². The van der Waals surface area contributed by atoms with E-state index in [0.29, 0.717) is 11.8 Å². The molecule has 0 bridgehead atoms. The third-order valence-corrected chi connectivity index (χ3v) is 2.18. The number of aromatic nitrogens is 1. The molecule has 0 radical (unpaired) electrons. The monoisotopic (exact) mass is 245 g/mol. The first-order valence-electron chi connectivity index (χ1n) is 4.68. The molecule has 0 fully saturated rings. The molecule has 2 nitrogen and oxygen atoms in total. The molecule has 2 rings (SSSR count). The van der Waals surface area contributed by atoms with E-state index < -0.39 is 17.6 Å². The molecule has 1 heterocycles. The fraction of sp³-hybridized carbons (Fsp3) is 0.182. The van der Waals surface area contributed by atoms with E-state index in [1.54, 1.807) is 6.92 Å². The van der Waals surface area contributed by atoms with Crippen molar-refractivity contribution >= 4 is 0 Å². The summed E-state index contributed by atoms with van der Waals surface area (Å²) in [5, 5.41) is 3.56. The lowest BCUT2D eigenvalue weighted by molar-refractivity contribution is -0.139. The Balaban J connectivity index is 2.51. The van der Waals surface area contributed by atoms with Gasteiger partial charge in [0.25, 0.3) is 0 Å². The van der Waals surface area contributed by atoms with Gasteiger partial charge in [-0.2, -0.15) is 13.2 Å². The Kier molecular flexibility index (Phi) is 2.65. The Morgan fingerprint density at radius 3 is 2.41 bits per heavy atom. The molecule has 6 heteroatoms. The highest BCUT2D eigenvalue weighted by Gasteiger charge is 2.34. The van der Waals surface area contributed by atoms with Gasteiger partial charge in [0.1, 0.15) is 5.82 Å². The van der Waals surface area contributed by atoms with Crippen LogP contribution in [0.2, 0.25) is 0 Å². The Labute approximate surface area is 93.8 Å². The minimum absolute atomic E-state index is 0.138. The standard InChI is InChI=1S/C11H7F4NO/c1-6-4-10(17-16-6)7-2-3-9(12)8(5-7)11(13,14)15/h2-5H,1H3. The van der Waals surface area contributed by atoms with Crippen molar-refractivity contribution in [1.82, 2.24) is 5.16 Å². The predicted molar refractivity (Wildman–Crippen MR) is 51.6 cm³/mol. The number of hydrogen-bond acceptors (Lipinski definition) is 2. The topological polar surface area (TPSA) is 26.0 Å². The van der Waals surface area contributed by atoms with Crippen LogP contribution in [-0.4, -0.2) is 5.16 Å². The van der Waals surface area contributed by atoms with Gasteiger partial charge in [-0.15, -0.1) is 0 Å². The molecular weight excluding hydrogens is 238 g/mol. The third-order valence-electron chi connectivity index (χ3n) is 2.18. The van der Waals surface area contributed by atoms with E-state index in [1.165, 1.54) is 12.1 Å². The van der Waals surface area contributed by atoms with E-state index in [0.717, 1.165) is 6.07 Å². The SMILES string of the molecule is Cc1cc(-c2ccc(F)c(C(F)(F)F)c2)on1. The zero-order chi connectivity index (χ0) is 12.6. The molecule has 0 atom stereocenters. The molecule has 0 aliphatic rings. The van der Waals surface area contributed by atoms with E-state index in [2.05, 4.69) is 5.16 Å². The summed E-state index contributed by atoms with van der Waals surface area (Å²) < 4.78 is 55.2. The van der Waals surface area contributed by atoms with Gasteiger partial charge < -0.3 is 4.52 Å². The van der Waals surface area contributed by atoms with Crippen molar-refractivity contribution in [3.05, 3.63) is 41.3 Å². The average Bonchev–Trinajstić information content (AvgIpc) is 2.64. The number of nitrogens with zero attached hydrogens (tertiary/aromatic N) is 1. The zero-order valence-electron chi connectivity index (χ0n) is 8.68. The number of rotatable bonds is 1. The highest BCUT2D eigenvalue weighted by Crippen LogP contribution is 2.34. The number of halogens is 4. The van der Waals surface area contributed by atoms with Gasteiger partial charge >= 0.3 is 6.18 Å². The van der Waals surface area contributed by atoms with Crippen LogP contribution >= 0.6 is 0 Å². The quantitative estimate of drug-likeness (QED) is 0.714. The molecular formula is C11H7F4NO. The molecule has 0 saturated heterocycles. The Hall–Kier alpha value is -1.85. The maximum Gasteiger partial charge on any atom is 0.419 e. The van der Waals surface area contributed by atoms with Crippen molar-refractivity contribution in [3.63, 3.8) is 0 Å². The van der Waals surface area contributed by atoms with Gasteiger partial charge in [-0.05, 0) is 25.1 Å². The molecule has 1 aromatic carbocycles. The molecule has 0 aliphatic carbocycles. The van der Waals surface area contributed by atoms with E-state index in [-0.39, 0.29) is 11.3 Å². The second kappa shape index (κ2) is 3.87. The van der Waals surface area contributed by atoms with Gasteiger partial charge in [0.2, 0.25) is 0 Å². The smallest absolute Gasteiger partial charge is 0.356 e. The first kappa shape index (κ1) is 11.6. The van der Waals surface area contributed by atoms with Crippen LogP contribution < -0.4 is 0 Å². The minimum Gasteiger partial charge on any atom is -0.356 e. The second-order valence-corrected chi connectivity index (χ2v) is 3.52. The van der Waals surface area contributed by atoms with Crippen LogP contribution in [0.5, 0.6) is 0 Å². The lowest BCUT2D eigenvalue weighted by Crippen LogP contribution is -2.08. The van der Waals surface area contributed by atoms with Gasteiger partial charge in [-0.25, -0.2) is 4.39 Å². The molecule has 17 heavy (non-hydrogen) atoms. The van der Waals surface area contributed by atoms with Gasteiger partial charge in [0.05, 0.1) is 11.3 Å². The summed E-state index contributed by atoms with van der Waals surface area (Å²) in [4.78, 5) is 0. The number of alkyl halides is 3. The van der Waals surface area contributed by atoms with E-state index in [1.807, 2.05) is 0 Å². The van der Waals surface area contributed by atoms with E-state index >= 15 is 0 Å². The van der Waals surface area contributed by atoms with Crippen LogP contribution in [-0.2, 0) is 6.18 Å². The van der Waals surface area contributed by atoms with Crippen LogP contribution in [0.3, 0.4) is 0 Å². The van der Waals surface area contributed by atoms with Crippen molar-refractivity contribution in [2.24, 2.45) is 0 Å². The van der Waals surface area contributed by atoms with Gasteiger partial charge in [-0.3, -0.25) is 0 Å². The molecule has 0 aliphatic heterocycles. The summed E-state index contributed by atoms with van der Waals surface area (Å²) in [5.41, 5.74) is -0.638. The molecule has 0 saturated carbocycles. The Morgan fingerprint density at radius 1 is 1.18 bits per heavy atom.